The first-order valence-corrected chi connectivity index (χ1v) is 12.0. The monoisotopic (exact) mass is 449 g/mol. The Morgan fingerprint density at radius 3 is 2.91 bits per heavy atom. The maximum atomic E-state index is 12.7. The minimum Gasteiger partial charge on any atom is -0.335 e. The van der Waals surface area contributed by atoms with Gasteiger partial charge in [-0.05, 0) is 62.0 Å². The zero-order valence-corrected chi connectivity index (χ0v) is 18.8. The normalized spacial score (nSPS) is 20.2. The van der Waals surface area contributed by atoms with Crippen molar-refractivity contribution in [3.05, 3.63) is 57.7 Å². The first-order chi connectivity index (χ1) is 15.6. The Balaban J connectivity index is 1.23. The van der Waals surface area contributed by atoms with Gasteiger partial charge in [0.1, 0.15) is 5.82 Å². The van der Waals surface area contributed by atoms with Crippen molar-refractivity contribution in [2.24, 2.45) is 5.41 Å². The van der Waals surface area contributed by atoms with Crippen molar-refractivity contribution in [2.45, 2.75) is 32.1 Å². The van der Waals surface area contributed by atoms with Crippen molar-refractivity contribution in [2.75, 3.05) is 31.5 Å². The number of hydrogen-bond donors (Lipinski definition) is 2. The van der Waals surface area contributed by atoms with Crippen molar-refractivity contribution in [1.82, 2.24) is 20.2 Å². The molecule has 0 aliphatic carbocycles. The zero-order valence-electron chi connectivity index (χ0n) is 18.0. The molecule has 2 amide bonds. The van der Waals surface area contributed by atoms with E-state index in [0.717, 1.165) is 61.5 Å². The Hall–Kier alpha value is -2.84. The highest BCUT2D eigenvalue weighted by Gasteiger charge is 2.43. The van der Waals surface area contributed by atoms with Gasteiger partial charge in [-0.3, -0.25) is 9.59 Å². The molecule has 7 nitrogen and oxygen atoms in total. The maximum Gasteiger partial charge on any atom is 0.246 e. The predicted octanol–water partition coefficient (Wildman–Crippen LogP) is 2.82. The summed E-state index contributed by atoms with van der Waals surface area (Å²) in [5.74, 6) is 0.747. The number of anilines is 1. The van der Waals surface area contributed by atoms with Crippen molar-refractivity contribution < 1.29 is 9.59 Å². The first-order valence-electron chi connectivity index (χ1n) is 11.2. The fraction of sp³-hybridized carbons (Fsp3) is 0.417. The Kier molecular flexibility index (Phi) is 5.89. The minimum atomic E-state index is -0.339. The highest BCUT2D eigenvalue weighted by atomic mass is 32.1. The van der Waals surface area contributed by atoms with Gasteiger partial charge in [0.05, 0.1) is 10.4 Å². The number of hydrogen-bond acceptors (Lipinski definition) is 6. The van der Waals surface area contributed by atoms with E-state index in [-0.39, 0.29) is 17.2 Å². The quantitative estimate of drug-likeness (QED) is 0.554. The summed E-state index contributed by atoms with van der Waals surface area (Å²) in [7, 11) is 0. The van der Waals surface area contributed by atoms with Crippen LogP contribution in [0.2, 0.25) is 0 Å². The van der Waals surface area contributed by atoms with Crippen LogP contribution in [0.5, 0.6) is 0 Å². The second-order valence-electron chi connectivity index (χ2n) is 8.77. The van der Waals surface area contributed by atoms with Crippen molar-refractivity contribution in [1.29, 1.82) is 0 Å². The molecule has 0 saturated carbocycles. The second-order valence-corrected chi connectivity index (χ2v) is 9.75. The summed E-state index contributed by atoms with van der Waals surface area (Å²) in [5.41, 5.74) is 2.94. The van der Waals surface area contributed by atoms with E-state index in [1.54, 1.807) is 23.6 Å². The van der Waals surface area contributed by atoms with E-state index in [1.165, 1.54) is 5.57 Å². The number of rotatable bonds is 4. The molecule has 2 N–H and O–H groups in total. The molecule has 5 rings (SSSR count). The van der Waals surface area contributed by atoms with Crippen LogP contribution in [-0.4, -0.2) is 52.9 Å². The number of pyridine rings is 1. The van der Waals surface area contributed by atoms with E-state index in [0.29, 0.717) is 18.8 Å². The van der Waals surface area contributed by atoms with Crippen LogP contribution in [0.25, 0.3) is 6.08 Å². The lowest BCUT2D eigenvalue weighted by atomic mass is 9.71. The van der Waals surface area contributed by atoms with E-state index in [4.69, 9.17) is 0 Å². The van der Waals surface area contributed by atoms with Crippen LogP contribution in [0.15, 0.2) is 41.6 Å². The van der Waals surface area contributed by atoms with Crippen LogP contribution >= 0.6 is 11.3 Å². The standard InChI is InChI=1S/C24H27N5O2S/c30-21(29-10-3-17(4-11-29)14-20-26-9-12-32-20)2-1-18-13-19-15-24(5-7-25-8-6-24)23(31)28-22(19)27-16-18/h1-3,9,12-13,16,25H,4-8,10-11,14-15H2,(H,27,28,31)/b2-1+. The van der Waals surface area contributed by atoms with Gasteiger partial charge in [-0.25, -0.2) is 9.97 Å². The molecule has 1 fully saturated rings. The topological polar surface area (TPSA) is 87.2 Å². The molecule has 1 spiro atoms. The van der Waals surface area contributed by atoms with Crippen molar-refractivity contribution in [3.8, 4) is 0 Å². The second kappa shape index (κ2) is 8.96. The Bertz CT molecular complexity index is 1070. The highest BCUT2D eigenvalue weighted by molar-refractivity contribution is 7.09. The van der Waals surface area contributed by atoms with Gasteiger partial charge in [0, 0.05) is 43.4 Å². The summed E-state index contributed by atoms with van der Waals surface area (Å²) < 4.78 is 0. The van der Waals surface area contributed by atoms with Crippen molar-refractivity contribution >= 4 is 35.0 Å². The summed E-state index contributed by atoms with van der Waals surface area (Å²) in [6.45, 7) is 3.08. The average molecular weight is 450 g/mol. The Morgan fingerprint density at radius 2 is 2.16 bits per heavy atom. The fourth-order valence-corrected chi connectivity index (χ4v) is 5.41. The number of carbonyl (C=O) groups excluding carboxylic acids is 2. The SMILES string of the molecule is O=C(/C=C/c1cnc2c(c1)CC1(CCNCC1)C(=O)N2)N1CC=C(Cc2nccs2)CC1. The first kappa shape index (κ1) is 21.0. The Morgan fingerprint density at radius 1 is 1.28 bits per heavy atom. The summed E-state index contributed by atoms with van der Waals surface area (Å²) in [6.07, 6.45) is 13.3. The maximum absolute atomic E-state index is 12.7. The van der Waals surface area contributed by atoms with Gasteiger partial charge in [-0.2, -0.15) is 0 Å². The zero-order chi connectivity index (χ0) is 22.0. The molecule has 166 valence electrons. The van der Waals surface area contributed by atoms with E-state index < -0.39 is 0 Å². The van der Waals surface area contributed by atoms with Crippen LogP contribution < -0.4 is 10.6 Å². The number of thiazole rings is 1. The molecule has 0 bridgehead atoms. The molecular formula is C24H27N5O2S. The molecule has 3 aliphatic rings. The molecule has 0 unspecified atom stereocenters. The molecule has 0 atom stereocenters. The molecule has 3 aliphatic heterocycles. The number of nitrogens with one attached hydrogen (secondary N) is 2. The third-order valence-electron chi connectivity index (χ3n) is 6.69. The van der Waals surface area contributed by atoms with E-state index in [2.05, 4.69) is 32.7 Å². The molecule has 32 heavy (non-hydrogen) atoms. The van der Waals surface area contributed by atoms with E-state index in [1.807, 2.05) is 22.6 Å². The molecule has 5 heterocycles. The van der Waals surface area contributed by atoms with Crippen LogP contribution in [0.4, 0.5) is 5.82 Å². The van der Waals surface area contributed by atoms with Gasteiger partial charge in [0.25, 0.3) is 0 Å². The lowest BCUT2D eigenvalue weighted by Gasteiger charge is -2.39. The lowest BCUT2D eigenvalue weighted by Crippen LogP contribution is -2.48. The third kappa shape index (κ3) is 4.38. The molecule has 1 saturated heterocycles. The van der Waals surface area contributed by atoms with Gasteiger partial charge in [-0.1, -0.05) is 11.6 Å². The van der Waals surface area contributed by atoms with Gasteiger partial charge in [0.15, 0.2) is 0 Å². The molecular weight excluding hydrogens is 422 g/mol. The van der Waals surface area contributed by atoms with Crippen LogP contribution in [0.3, 0.4) is 0 Å². The molecule has 8 heteroatoms. The number of fused-ring (bicyclic) bond motifs is 1. The van der Waals surface area contributed by atoms with E-state index in [9.17, 15) is 9.59 Å². The third-order valence-corrected chi connectivity index (χ3v) is 7.47. The van der Waals surface area contributed by atoms with Crippen molar-refractivity contribution in [3.63, 3.8) is 0 Å². The summed E-state index contributed by atoms with van der Waals surface area (Å²) in [6, 6.07) is 2.05. The number of piperidine rings is 1. The largest absolute Gasteiger partial charge is 0.335 e. The predicted molar refractivity (Wildman–Crippen MR) is 125 cm³/mol. The molecule has 2 aromatic rings. The molecule has 2 aromatic heterocycles. The van der Waals surface area contributed by atoms with Crippen LogP contribution in [0.1, 0.15) is 35.4 Å². The minimum absolute atomic E-state index is 0.00963. The smallest absolute Gasteiger partial charge is 0.246 e. The fourth-order valence-electron chi connectivity index (χ4n) is 4.74. The van der Waals surface area contributed by atoms with Crippen LogP contribution in [-0.2, 0) is 22.4 Å². The van der Waals surface area contributed by atoms with E-state index >= 15 is 0 Å². The molecule has 0 aromatic carbocycles. The number of amides is 2. The average Bonchev–Trinajstić information content (AvgIpc) is 3.32. The number of carbonyl (C=O) groups is 2. The van der Waals surface area contributed by atoms with Gasteiger partial charge in [0.2, 0.25) is 11.8 Å². The van der Waals surface area contributed by atoms with Gasteiger partial charge < -0.3 is 15.5 Å². The summed E-state index contributed by atoms with van der Waals surface area (Å²) >= 11 is 1.67. The number of aromatic nitrogens is 2. The number of nitrogens with zero attached hydrogens (tertiary/aromatic N) is 3. The Labute approximate surface area is 191 Å². The van der Waals surface area contributed by atoms with Gasteiger partial charge in [-0.15, -0.1) is 11.3 Å². The summed E-state index contributed by atoms with van der Waals surface area (Å²) in [5, 5.41) is 9.45. The van der Waals surface area contributed by atoms with Gasteiger partial charge >= 0.3 is 0 Å². The molecule has 0 radical (unpaired) electrons. The summed E-state index contributed by atoms with van der Waals surface area (Å²) in [4.78, 5) is 36.0. The highest BCUT2D eigenvalue weighted by Crippen LogP contribution is 2.39. The lowest BCUT2D eigenvalue weighted by molar-refractivity contribution is -0.127. The van der Waals surface area contributed by atoms with Crippen LogP contribution in [0, 0.1) is 5.41 Å².